The molecule has 0 radical (unpaired) electrons. The van der Waals surface area contributed by atoms with Gasteiger partial charge in [0.1, 0.15) is 11.5 Å². The molecule has 0 unspecified atom stereocenters. The Balaban J connectivity index is 1.42. The minimum Gasteiger partial charge on any atom is -0.340 e. The first kappa shape index (κ1) is 19.1. The van der Waals surface area contributed by atoms with E-state index in [1.54, 1.807) is 12.1 Å². The van der Waals surface area contributed by atoms with Gasteiger partial charge in [-0.25, -0.2) is 14.4 Å². The summed E-state index contributed by atoms with van der Waals surface area (Å²) in [6.07, 6.45) is 11.1. The van der Waals surface area contributed by atoms with Gasteiger partial charge in [-0.1, -0.05) is 30.4 Å². The quantitative estimate of drug-likeness (QED) is 0.451. The van der Waals surface area contributed by atoms with Gasteiger partial charge in [-0.2, -0.15) is 5.10 Å². The van der Waals surface area contributed by atoms with Crippen molar-refractivity contribution in [3.63, 3.8) is 0 Å². The van der Waals surface area contributed by atoms with Gasteiger partial charge in [0.25, 0.3) is 0 Å². The largest absolute Gasteiger partial charge is 0.340 e. The van der Waals surface area contributed by atoms with Crippen molar-refractivity contribution < 1.29 is 4.39 Å². The molecule has 0 atom stereocenters. The van der Waals surface area contributed by atoms with Gasteiger partial charge in [0.15, 0.2) is 11.5 Å². The van der Waals surface area contributed by atoms with Crippen molar-refractivity contribution >= 4 is 16.6 Å². The molecule has 160 valence electrons. The highest BCUT2D eigenvalue weighted by molar-refractivity contribution is 5.90. The number of piperidine rings is 1. The Bertz CT molecular complexity index is 1340. The zero-order valence-electron chi connectivity index (χ0n) is 17.5. The first-order valence-corrected chi connectivity index (χ1v) is 11.0. The summed E-state index contributed by atoms with van der Waals surface area (Å²) in [6, 6.07) is 8.75. The van der Waals surface area contributed by atoms with Gasteiger partial charge in [0.05, 0.1) is 11.1 Å². The molecule has 2 aliphatic rings. The van der Waals surface area contributed by atoms with E-state index in [0.717, 1.165) is 71.8 Å². The summed E-state index contributed by atoms with van der Waals surface area (Å²) in [6.45, 7) is 2.08. The Morgan fingerprint density at radius 3 is 2.75 bits per heavy atom. The van der Waals surface area contributed by atoms with Gasteiger partial charge in [0.2, 0.25) is 0 Å². The fraction of sp³-hybridized carbons (Fsp3) is 0.240. The van der Waals surface area contributed by atoms with Gasteiger partial charge in [0, 0.05) is 23.9 Å². The van der Waals surface area contributed by atoms with E-state index in [0.29, 0.717) is 11.6 Å². The number of nitrogens with one attached hydrogen (secondary N) is 3. The van der Waals surface area contributed by atoms with Crippen LogP contribution in [0.5, 0.6) is 0 Å². The first-order valence-electron chi connectivity index (χ1n) is 11.0. The summed E-state index contributed by atoms with van der Waals surface area (Å²) < 4.78 is 13.5. The van der Waals surface area contributed by atoms with E-state index in [4.69, 9.17) is 4.98 Å². The maximum atomic E-state index is 13.5. The van der Waals surface area contributed by atoms with Crippen molar-refractivity contribution in [1.82, 2.24) is 30.5 Å². The molecule has 4 heterocycles. The van der Waals surface area contributed by atoms with Crippen LogP contribution in [-0.2, 0) is 6.42 Å². The molecule has 0 spiro atoms. The molecule has 6 nitrogen and oxygen atoms in total. The topological polar surface area (TPSA) is 82.3 Å². The molecule has 0 amide bonds. The second kappa shape index (κ2) is 7.84. The lowest BCUT2D eigenvalue weighted by Gasteiger charge is -2.22. The molecule has 32 heavy (non-hydrogen) atoms. The number of benzene rings is 1. The second-order valence-electron chi connectivity index (χ2n) is 8.39. The predicted octanol–water partition coefficient (Wildman–Crippen LogP) is 4.50. The molecule has 0 saturated carbocycles. The molecule has 3 aromatic heterocycles. The summed E-state index contributed by atoms with van der Waals surface area (Å²) in [5.74, 6) is 1.01. The van der Waals surface area contributed by atoms with Crippen molar-refractivity contribution in [2.24, 2.45) is 0 Å². The van der Waals surface area contributed by atoms with Crippen LogP contribution in [-0.4, -0.2) is 38.2 Å². The Morgan fingerprint density at radius 1 is 1.06 bits per heavy atom. The van der Waals surface area contributed by atoms with Crippen LogP contribution in [0.4, 0.5) is 4.39 Å². The number of fused-ring (bicyclic) bond motifs is 2. The van der Waals surface area contributed by atoms with Gasteiger partial charge < -0.3 is 10.3 Å². The third-order valence-electron chi connectivity index (χ3n) is 6.39. The molecule has 1 aliphatic heterocycles. The lowest BCUT2D eigenvalue weighted by molar-refractivity contribution is 0.460. The highest BCUT2D eigenvalue weighted by atomic mass is 19.1. The summed E-state index contributed by atoms with van der Waals surface area (Å²) in [4.78, 5) is 13.1. The van der Waals surface area contributed by atoms with E-state index in [2.05, 4.69) is 37.6 Å². The van der Waals surface area contributed by atoms with Crippen molar-refractivity contribution in [2.75, 3.05) is 13.1 Å². The number of aromatic amines is 2. The second-order valence-corrected chi connectivity index (χ2v) is 8.39. The van der Waals surface area contributed by atoms with Crippen LogP contribution < -0.4 is 5.32 Å². The highest BCUT2D eigenvalue weighted by Crippen LogP contribution is 2.33. The van der Waals surface area contributed by atoms with Crippen molar-refractivity contribution in [2.45, 2.75) is 25.2 Å². The summed E-state index contributed by atoms with van der Waals surface area (Å²) >= 11 is 0. The van der Waals surface area contributed by atoms with Gasteiger partial charge >= 0.3 is 0 Å². The van der Waals surface area contributed by atoms with E-state index >= 15 is 0 Å². The molecule has 1 fully saturated rings. The van der Waals surface area contributed by atoms with Gasteiger partial charge in [-0.3, -0.25) is 5.10 Å². The molecular weight excluding hydrogens is 403 g/mol. The van der Waals surface area contributed by atoms with Crippen LogP contribution in [0.2, 0.25) is 0 Å². The van der Waals surface area contributed by atoms with E-state index in [9.17, 15) is 4.39 Å². The third-order valence-corrected chi connectivity index (χ3v) is 6.39. The van der Waals surface area contributed by atoms with E-state index < -0.39 is 0 Å². The predicted molar refractivity (Wildman–Crippen MR) is 123 cm³/mol. The van der Waals surface area contributed by atoms with Gasteiger partial charge in [-0.05, 0) is 61.2 Å². The normalized spacial score (nSPS) is 16.7. The first-order chi connectivity index (χ1) is 15.8. The molecule has 6 rings (SSSR count). The van der Waals surface area contributed by atoms with Crippen molar-refractivity contribution in [3.05, 3.63) is 83.1 Å². The number of halogens is 1. The zero-order valence-corrected chi connectivity index (χ0v) is 17.5. The number of nitrogens with zero attached hydrogens (tertiary/aromatic N) is 3. The number of imidazole rings is 1. The van der Waals surface area contributed by atoms with Crippen LogP contribution >= 0.6 is 0 Å². The molecule has 0 bridgehead atoms. The number of pyridine rings is 1. The smallest absolute Gasteiger partial charge is 0.181 e. The number of allylic oxidation sites excluding steroid dienone is 3. The lowest BCUT2D eigenvalue weighted by Crippen LogP contribution is -2.26. The molecule has 7 heteroatoms. The Morgan fingerprint density at radius 2 is 1.91 bits per heavy atom. The third kappa shape index (κ3) is 3.35. The standard InChI is InChI=1S/C25H23FN6/c26-18-7-5-16(6-8-18)19-3-1-2-4-21-22(19)30-25(29-21)23-20-13-17(14-28-24(20)32-31-23)15-9-11-27-12-10-15/h1-3,5-8,13-15,27H,4,9-12H2,(H,29,30)(H,28,31,32). The SMILES string of the molecule is Fc1ccc(C2=CC=CCc3[nH]c(-c4[nH]nc5ncc(C6CCNCC6)cc45)nc32)cc1. The number of H-pyrrole nitrogens is 2. The summed E-state index contributed by atoms with van der Waals surface area (Å²) in [5.41, 5.74) is 6.59. The molecule has 4 aromatic rings. The fourth-order valence-corrected chi connectivity index (χ4v) is 4.66. The minimum absolute atomic E-state index is 0.248. The molecular formula is C25H23FN6. The zero-order chi connectivity index (χ0) is 21.5. The Kier molecular flexibility index (Phi) is 4.69. The minimum atomic E-state index is -0.248. The molecule has 1 saturated heterocycles. The van der Waals surface area contributed by atoms with Crippen LogP contribution in [0.15, 0.2) is 54.8 Å². The number of hydrogen-bond acceptors (Lipinski definition) is 4. The monoisotopic (exact) mass is 426 g/mol. The Hall–Kier alpha value is -3.58. The van der Waals surface area contributed by atoms with Crippen LogP contribution in [0, 0.1) is 5.82 Å². The van der Waals surface area contributed by atoms with Crippen LogP contribution in [0.3, 0.4) is 0 Å². The maximum absolute atomic E-state index is 13.5. The van der Waals surface area contributed by atoms with Crippen molar-refractivity contribution in [3.8, 4) is 11.5 Å². The van der Waals surface area contributed by atoms with Crippen molar-refractivity contribution in [1.29, 1.82) is 0 Å². The number of hydrogen-bond donors (Lipinski definition) is 3. The Labute approximate surface area is 184 Å². The highest BCUT2D eigenvalue weighted by Gasteiger charge is 2.22. The average Bonchev–Trinajstić information content (AvgIpc) is 3.39. The van der Waals surface area contributed by atoms with E-state index in [1.807, 2.05) is 18.3 Å². The molecule has 1 aromatic carbocycles. The molecule has 3 N–H and O–H groups in total. The van der Waals surface area contributed by atoms with Crippen LogP contribution in [0.25, 0.3) is 28.1 Å². The number of rotatable bonds is 3. The summed E-state index contributed by atoms with van der Waals surface area (Å²) in [7, 11) is 0. The van der Waals surface area contributed by atoms with E-state index in [-0.39, 0.29) is 5.82 Å². The van der Waals surface area contributed by atoms with Gasteiger partial charge in [-0.15, -0.1) is 0 Å². The lowest BCUT2D eigenvalue weighted by atomic mass is 9.91. The van der Waals surface area contributed by atoms with Crippen LogP contribution in [0.1, 0.15) is 41.3 Å². The maximum Gasteiger partial charge on any atom is 0.181 e. The van der Waals surface area contributed by atoms with E-state index in [1.165, 1.54) is 17.7 Å². The number of aromatic nitrogens is 5. The average molecular weight is 426 g/mol. The fourth-order valence-electron chi connectivity index (χ4n) is 4.66. The summed E-state index contributed by atoms with van der Waals surface area (Å²) in [5, 5.41) is 12.0. The molecule has 1 aliphatic carbocycles.